The van der Waals surface area contributed by atoms with E-state index >= 15 is 0 Å². The van der Waals surface area contributed by atoms with Gasteiger partial charge in [0.15, 0.2) is 0 Å². The number of pyridine rings is 1. The lowest BCUT2D eigenvalue weighted by Gasteiger charge is -2.29. The zero-order valence-electron chi connectivity index (χ0n) is 18.6. The molecule has 1 atom stereocenters. The molecule has 170 valence electrons. The van der Waals surface area contributed by atoms with E-state index in [0.29, 0.717) is 25.4 Å². The Morgan fingerprint density at radius 1 is 1.03 bits per heavy atom. The van der Waals surface area contributed by atoms with E-state index in [4.69, 9.17) is 9.47 Å². The monoisotopic (exact) mass is 456 g/mol. The number of nitrogens with one attached hydrogen (secondary N) is 1. The average Bonchev–Trinajstić information content (AvgIpc) is 2.75. The van der Waals surface area contributed by atoms with Gasteiger partial charge in [-0.15, -0.1) is 0 Å². The molecule has 2 heterocycles. The molecule has 32 heavy (non-hydrogen) atoms. The zero-order valence-corrected chi connectivity index (χ0v) is 19.4. The number of H-pyrrole nitrogens is 1. The van der Waals surface area contributed by atoms with Crippen molar-refractivity contribution in [2.75, 3.05) is 26.4 Å². The minimum Gasteiger partial charge on any atom is -0.376 e. The molecule has 2 aromatic carbocycles. The van der Waals surface area contributed by atoms with Crippen LogP contribution in [-0.4, -0.2) is 50.2 Å². The summed E-state index contributed by atoms with van der Waals surface area (Å²) in [4.78, 5) is 16.0. The molecule has 1 fully saturated rings. The van der Waals surface area contributed by atoms with Crippen molar-refractivity contribution in [3.8, 4) is 0 Å². The molecule has 1 aliphatic rings. The van der Waals surface area contributed by atoms with Crippen LogP contribution in [0.5, 0.6) is 0 Å². The minimum atomic E-state index is -3.86. The van der Waals surface area contributed by atoms with Crippen molar-refractivity contribution in [1.29, 1.82) is 0 Å². The van der Waals surface area contributed by atoms with Gasteiger partial charge < -0.3 is 14.5 Å². The fourth-order valence-corrected chi connectivity index (χ4v) is 5.45. The molecule has 1 saturated heterocycles. The van der Waals surface area contributed by atoms with Crippen LogP contribution in [0.3, 0.4) is 0 Å². The number of hydrogen-bond donors (Lipinski definition) is 1. The van der Waals surface area contributed by atoms with Gasteiger partial charge in [0.1, 0.15) is 0 Å². The van der Waals surface area contributed by atoms with Gasteiger partial charge in [-0.05, 0) is 56.2 Å². The highest BCUT2D eigenvalue weighted by molar-refractivity contribution is 7.89. The molecule has 1 aliphatic heterocycles. The van der Waals surface area contributed by atoms with Crippen LogP contribution in [0.2, 0.25) is 0 Å². The van der Waals surface area contributed by atoms with E-state index in [1.54, 1.807) is 30.3 Å². The third-order valence-electron chi connectivity index (χ3n) is 5.69. The highest BCUT2D eigenvalue weighted by atomic mass is 32.2. The second-order valence-corrected chi connectivity index (χ2v) is 10.3. The molecule has 0 spiro atoms. The summed E-state index contributed by atoms with van der Waals surface area (Å²) in [6.45, 7) is 7.11. The first kappa shape index (κ1) is 22.7. The molecule has 0 aliphatic carbocycles. The fraction of sp³-hybridized carbons (Fsp3) is 0.375. The molecule has 1 N–H and O–H groups in total. The van der Waals surface area contributed by atoms with E-state index in [2.05, 4.69) is 4.98 Å². The van der Waals surface area contributed by atoms with E-state index in [9.17, 15) is 13.2 Å². The Hall–Kier alpha value is -2.52. The second kappa shape index (κ2) is 9.15. The largest absolute Gasteiger partial charge is 0.376 e. The van der Waals surface area contributed by atoms with Crippen LogP contribution in [0.4, 0.5) is 0 Å². The van der Waals surface area contributed by atoms with Crippen LogP contribution in [0.25, 0.3) is 10.9 Å². The molecule has 3 aromatic rings. The zero-order chi connectivity index (χ0) is 22.9. The lowest BCUT2D eigenvalue weighted by molar-refractivity contribution is -0.0923. The average molecular weight is 457 g/mol. The van der Waals surface area contributed by atoms with Gasteiger partial charge in [-0.3, -0.25) is 4.79 Å². The van der Waals surface area contributed by atoms with Gasteiger partial charge in [0.25, 0.3) is 5.56 Å². The van der Waals surface area contributed by atoms with E-state index in [-0.39, 0.29) is 23.5 Å². The first-order chi connectivity index (χ1) is 15.2. The molecule has 1 unspecified atom stereocenters. The predicted octanol–water partition coefficient (Wildman–Crippen LogP) is 3.06. The molecular weight excluding hydrogens is 428 g/mol. The molecule has 0 radical (unpaired) electrons. The Bertz CT molecular complexity index is 1280. The number of sulfonamides is 1. The predicted molar refractivity (Wildman–Crippen MR) is 123 cm³/mol. The smallest absolute Gasteiger partial charge is 0.252 e. The summed E-state index contributed by atoms with van der Waals surface area (Å²) in [6.07, 6.45) is -0.395. The van der Waals surface area contributed by atoms with Crippen molar-refractivity contribution in [2.24, 2.45) is 0 Å². The third-order valence-corrected chi connectivity index (χ3v) is 7.51. The van der Waals surface area contributed by atoms with Gasteiger partial charge >= 0.3 is 0 Å². The van der Waals surface area contributed by atoms with Crippen molar-refractivity contribution in [1.82, 2.24) is 9.29 Å². The normalized spacial score (nSPS) is 17.2. The number of hydrogen-bond acceptors (Lipinski definition) is 5. The maximum absolute atomic E-state index is 13.5. The van der Waals surface area contributed by atoms with Crippen molar-refractivity contribution < 1.29 is 17.9 Å². The number of ether oxygens (including phenoxy) is 2. The topological polar surface area (TPSA) is 88.7 Å². The van der Waals surface area contributed by atoms with Crippen LogP contribution in [0.1, 0.15) is 22.3 Å². The van der Waals surface area contributed by atoms with Crippen LogP contribution >= 0.6 is 0 Å². The Labute approximate surface area is 188 Å². The van der Waals surface area contributed by atoms with Crippen molar-refractivity contribution in [2.45, 2.75) is 38.3 Å². The first-order valence-corrected chi connectivity index (χ1v) is 12.1. The van der Waals surface area contributed by atoms with Gasteiger partial charge in [-0.2, -0.15) is 4.31 Å². The maximum atomic E-state index is 13.5. The lowest BCUT2D eigenvalue weighted by Crippen LogP contribution is -2.43. The number of aryl methyl sites for hydroxylation is 3. The minimum absolute atomic E-state index is 0.0609. The summed E-state index contributed by atoms with van der Waals surface area (Å²) in [7, 11) is -3.86. The SMILES string of the molecule is Cc1ccc(S(=O)(=O)N(Cc2cc3c(C)cc(C)cc3[nH]c2=O)CC2COCCO2)cc1. The summed E-state index contributed by atoms with van der Waals surface area (Å²) < 4.78 is 39.5. The number of aromatic nitrogens is 1. The fourth-order valence-electron chi connectivity index (χ4n) is 4.00. The van der Waals surface area contributed by atoms with E-state index in [0.717, 1.165) is 27.6 Å². The van der Waals surface area contributed by atoms with E-state index in [1.807, 2.05) is 32.9 Å². The first-order valence-electron chi connectivity index (χ1n) is 10.6. The van der Waals surface area contributed by atoms with Crippen molar-refractivity contribution in [3.05, 3.63) is 75.1 Å². The highest BCUT2D eigenvalue weighted by Gasteiger charge is 2.29. The molecule has 0 bridgehead atoms. The van der Waals surface area contributed by atoms with Crippen LogP contribution in [0, 0.1) is 20.8 Å². The van der Waals surface area contributed by atoms with Gasteiger partial charge in [-0.1, -0.05) is 23.8 Å². The number of rotatable bonds is 6. The molecule has 0 amide bonds. The molecule has 4 rings (SSSR count). The number of fused-ring (bicyclic) bond motifs is 1. The second-order valence-electron chi connectivity index (χ2n) is 8.35. The van der Waals surface area contributed by atoms with Crippen LogP contribution in [0.15, 0.2) is 52.2 Å². The molecular formula is C24H28N2O5S. The summed E-state index contributed by atoms with van der Waals surface area (Å²) in [5.41, 5.74) is 3.87. The van der Waals surface area contributed by atoms with Gasteiger partial charge in [0.05, 0.1) is 30.8 Å². The Kier molecular flexibility index (Phi) is 6.48. The number of aromatic amines is 1. The number of benzene rings is 2. The lowest BCUT2D eigenvalue weighted by atomic mass is 10.0. The van der Waals surface area contributed by atoms with E-state index in [1.165, 1.54) is 4.31 Å². The Morgan fingerprint density at radius 3 is 2.47 bits per heavy atom. The molecule has 7 nitrogen and oxygen atoms in total. The summed E-state index contributed by atoms with van der Waals surface area (Å²) in [5, 5.41) is 0.898. The number of nitrogens with zero attached hydrogens (tertiary/aromatic N) is 1. The van der Waals surface area contributed by atoms with Gasteiger partial charge in [0.2, 0.25) is 10.0 Å². The summed E-state index contributed by atoms with van der Waals surface area (Å²) >= 11 is 0. The standard InChI is InChI=1S/C24H28N2O5S/c1-16-4-6-21(7-5-16)32(28,29)26(14-20-15-30-8-9-31-20)13-19-12-22-18(3)10-17(2)11-23(22)25-24(19)27/h4-7,10-12,20H,8-9,13-15H2,1-3H3,(H,25,27). The van der Waals surface area contributed by atoms with Crippen LogP contribution in [-0.2, 0) is 26.0 Å². The van der Waals surface area contributed by atoms with Crippen LogP contribution < -0.4 is 5.56 Å². The van der Waals surface area contributed by atoms with Gasteiger partial charge in [-0.25, -0.2) is 8.42 Å². The molecule has 1 aromatic heterocycles. The summed E-state index contributed by atoms with van der Waals surface area (Å²) in [6, 6.07) is 12.5. The highest BCUT2D eigenvalue weighted by Crippen LogP contribution is 2.23. The third kappa shape index (κ3) is 4.78. The Morgan fingerprint density at radius 2 is 1.78 bits per heavy atom. The Balaban J connectivity index is 1.74. The molecule has 0 saturated carbocycles. The maximum Gasteiger partial charge on any atom is 0.252 e. The van der Waals surface area contributed by atoms with Gasteiger partial charge in [0, 0.05) is 29.6 Å². The summed E-state index contributed by atoms with van der Waals surface area (Å²) in [5.74, 6) is 0. The molecule has 8 heteroatoms. The van der Waals surface area contributed by atoms with Crippen molar-refractivity contribution >= 4 is 20.9 Å². The van der Waals surface area contributed by atoms with Crippen molar-refractivity contribution in [3.63, 3.8) is 0 Å². The quantitative estimate of drug-likeness (QED) is 0.616. The van der Waals surface area contributed by atoms with E-state index < -0.39 is 16.1 Å².